The number of rotatable bonds is 7. The zero-order valence-corrected chi connectivity index (χ0v) is 17.0. The standard InChI is InChI=1S/C22H27FN2O2.ClH/c1-17-6-4-9-20(14-17)27-13-3-2-10-22(26)25-12-11-24-16-21(25)18-7-5-8-19(23)15-18;/h4-9,14-15,21,24H,2-3,10-13,16H2,1H3;1H. The second-order valence-electron chi connectivity index (χ2n) is 6.98. The van der Waals surface area contributed by atoms with Crippen molar-refractivity contribution in [3.05, 3.63) is 65.5 Å². The van der Waals surface area contributed by atoms with E-state index in [1.807, 2.05) is 42.2 Å². The number of nitrogens with zero attached hydrogens (tertiary/aromatic N) is 1. The van der Waals surface area contributed by atoms with Gasteiger partial charge in [-0.05, 0) is 55.2 Å². The third-order valence-corrected chi connectivity index (χ3v) is 4.84. The molecule has 2 aromatic carbocycles. The smallest absolute Gasteiger partial charge is 0.223 e. The monoisotopic (exact) mass is 406 g/mol. The minimum Gasteiger partial charge on any atom is -0.494 e. The van der Waals surface area contributed by atoms with Gasteiger partial charge >= 0.3 is 0 Å². The Hall–Kier alpha value is -2.11. The van der Waals surface area contributed by atoms with Crippen LogP contribution in [0.2, 0.25) is 0 Å². The van der Waals surface area contributed by atoms with Gasteiger partial charge in [0.05, 0.1) is 12.6 Å². The van der Waals surface area contributed by atoms with E-state index in [0.717, 1.165) is 30.7 Å². The molecule has 1 saturated heterocycles. The quantitative estimate of drug-likeness (QED) is 0.698. The fourth-order valence-corrected chi connectivity index (χ4v) is 3.43. The maximum Gasteiger partial charge on any atom is 0.223 e. The van der Waals surface area contributed by atoms with E-state index in [9.17, 15) is 9.18 Å². The van der Waals surface area contributed by atoms with E-state index in [2.05, 4.69) is 5.32 Å². The number of benzene rings is 2. The molecule has 0 aromatic heterocycles. The molecule has 1 aliphatic rings. The Morgan fingerprint density at radius 1 is 1.21 bits per heavy atom. The fraction of sp³-hybridized carbons (Fsp3) is 0.409. The van der Waals surface area contributed by atoms with Crippen LogP contribution in [0.3, 0.4) is 0 Å². The number of carbonyl (C=O) groups is 1. The number of unbranched alkanes of at least 4 members (excludes halogenated alkanes) is 1. The van der Waals surface area contributed by atoms with Crippen LogP contribution in [0.25, 0.3) is 0 Å². The number of halogens is 2. The highest BCUT2D eigenvalue weighted by molar-refractivity contribution is 5.85. The molecule has 0 bridgehead atoms. The van der Waals surface area contributed by atoms with Crippen LogP contribution in [0.1, 0.15) is 36.4 Å². The Morgan fingerprint density at radius 2 is 2.04 bits per heavy atom. The second kappa shape index (κ2) is 11.0. The van der Waals surface area contributed by atoms with Gasteiger partial charge in [-0.3, -0.25) is 4.79 Å². The molecular formula is C22H28ClFN2O2. The average Bonchev–Trinajstić information content (AvgIpc) is 2.67. The minimum absolute atomic E-state index is 0. The lowest BCUT2D eigenvalue weighted by Crippen LogP contribution is -2.48. The average molecular weight is 407 g/mol. The molecule has 1 atom stereocenters. The number of carbonyl (C=O) groups excluding carboxylic acids is 1. The highest BCUT2D eigenvalue weighted by Crippen LogP contribution is 2.24. The van der Waals surface area contributed by atoms with Crippen LogP contribution in [0, 0.1) is 12.7 Å². The van der Waals surface area contributed by atoms with Crippen molar-refractivity contribution in [1.82, 2.24) is 10.2 Å². The first-order valence-corrected chi connectivity index (χ1v) is 9.58. The first-order chi connectivity index (χ1) is 13.1. The van der Waals surface area contributed by atoms with Crippen molar-refractivity contribution in [3.63, 3.8) is 0 Å². The molecule has 0 spiro atoms. The van der Waals surface area contributed by atoms with Gasteiger partial charge in [0.2, 0.25) is 5.91 Å². The van der Waals surface area contributed by atoms with Crippen molar-refractivity contribution in [2.75, 3.05) is 26.2 Å². The van der Waals surface area contributed by atoms with Gasteiger partial charge in [0, 0.05) is 26.1 Å². The summed E-state index contributed by atoms with van der Waals surface area (Å²) in [6, 6.07) is 14.4. The highest BCUT2D eigenvalue weighted by atomic mass is 35.5. The van der Waals surface area contributed by atoms with Crippen LogP contribution in [0.15, 0.2) is 48.5 Å². The predicted octanol–water partition coefficient (Wildman–Crippen LogP) is 4.28. The van der Waals surface area contributed by atoms with Gasteiger partial charge in [0.15, 0.2) is 0 Å². The number of hydrogen-bond acceptors (Lipinski definition) is 3. The van der Waals surface area contributed by atoms with Crippen molar-refractivity contribution < 1.29 is 13.9 Å². The van der Waals surface area contributed by atoms with Gasteiger partial charge in [-0.25, -0.2) is 4.39 Å². The van der Waals surface area contributed by atoms with E-state index in [0.29, 0.717) is 26.1 Å². The Balaban J connectivity index is 0.00000280. The number of aryl methyl sites for hydroxylation is 1. The molecule has 28 heavy (non-hydrogen) atoms. The zero-order valence-electron chi connectivity index (χ0n) is 16.2. The molecule has 6 heteroatoms. The summed E-state index contributed by atoms with van der Waals surface area (Å²) in [7, 11) is 0. The van der Waals surface area contributed by atoms with Crippen molar-refractivity contribution >= 4 is 18.3 Å². The van der Waals surface area contributed by atoms with Gasteiger partial charge in [-0.15, -0.1) is 12.4 Å². The highest BCUT2D eigenvalue weighted by Gasteiger charge is 2.27. The normalized spacial score (nSPS) is 16.4. The Kier molecular flexibility index (Phi) is 8.74. The second-order valence-corrected chi connectivity index (χ2v) is 6.98. The van der Waals surface area contributed by atoms with Crippen LogP contribution >= 0.6 is 12.4 Å². The molecule has 152 valence electrons. The fourth-order valence-electron chi connectivity index (χ4n) is 3.43. The summed E-state index contributed by atoms with van der Waals surface area (Å²) < 4.78 is 19.3. The summed E-state index contributed by atoms with van der Waals surface area (Å²) in [6.45, 7) is 4.72. The molecule has 0 aliphatic carbocycles. The molecule has 1 fully saturated rings. The third-order valence-electron chi connectivity index (χ3n) is 4.84. The SMILES string of the molecule is Cc1cccc(OCCCCC(=O)N2CCNCC2c2cccc(F)c2)c1.Cl. The van der Waals surface area contributed by atoms with E-state index in [1.54, 1.807) is 6.07 Å². The van der Waals surface area contributed by atoms with Crippen LogP contribution in [-0.2, 0) is 4.79 Å². The Morgan fingerprint density at radius 3 is 2.82 bits per heavy atom. The zero-order chi connectivity index (χ0) is 19.1. The first-order valence-electron chi connectivity index (χ1n) is 9.58. The van der Waals surface area contributed by atoms with E-state index in [-0.39, 0.29) is 30.2 Å². The van der Waals surface area contributed by atoms with Gasteiger partial charge in [0.1, 0.15) is 11.6 Å². The largest absolute Gasteiger partial charge is 0.494 e. The molecule has 1 N–H and O–H groups in total. The van der Waals surface area contributed by atoms with Crippen molar-refractivity contribution in [2.45, 2.75) is 32.2 Å². The van der Waals surface area contributed by atoms with E-state index >= 15 is 0 Å². The van der Waals surface area contributed by atoms with E-state index in [1.165, 1.54) is 17.7 Å². The predicted molar refractivity (Wildman–Crippen MR) is 111 cm³/mol. The summed E-state index contributed by atoms with van der Waals surface area (Å²) in [5.41, 5.74) is 2.02. The van der Waals surface area contributed by atoms with Gasteiger partial charge < -0.3 is 15.0 Å². The Bertz CT molecular complexity index is 772. The molecule has 1 amide bonds. The van der Waals surface area contributed by atoms with Crippen molar-refractivity contribution in [3.8, 4) is 5.75 Å². The lowest BCUT2D eigenvalue weighted by Gasteiger charge is -2.36. The summed E-state index contributed by atoms with van der Waals surface area (Å²) in [6.07, 6.45) is 2.10. The molecule has 4 nitrogen and oxygen atoms in total. The minimum atomic E-state index is -0.265. The van der Waals surface area contributed by atoms with Crippen LogP contribution in [-0.4, -0.2) is 37.0 Å². The van der Waals surface area contributed by atoms with Crippen LogP contribution in [0.5, 0.6) is 5.75 Å². The van der Waals surface area contributed by atoms with Gasteiger partial charge in [-0.2, -0.15) is 0 Å². The number of amides is 1. The Labute approximate surface area is 172 Å². The van der Waals surface area contributed by atoms with Crippen molar-refractivity contribution in [1.29, 1.82) is 0 Å². The summed E-state index contributed by atoms with van der Waals surface area (Å²) in [4.78, 5) is 14.6. The maximum absolute atomic E-state index is 13.6. The van der Waals surface area contributed by atoms with E-state index in [4.69, 9.17) is 4.74 Å². The lowest BCUT2D eigenvalue weighted by molar-refractivity contribution is -0.134. The first kappa shape index (κ1) is 22.2. The molecule has 0 saturated carbocycles. The maximum atomic E-state index is 13.6. The summed E-state index contributed by atoms with van der Waals surface area (Å²) >= 11 is 0. The lowest BCUT2D eigenvalue weighted by atomic mass is 10.0. The molecule has 2 aromatic rings. The molecule has 3 rings (SSSR count). The number of hydrogen-bond donors (Lipinski definition) is 1. The number of nitrogens with one attached hydrogen (secondary N) is 1. The summed E-state index contributed by atoms with van der Waals surface area (Å²) in [5, 5.41) is 3.30. The molecule has 1 aliphatic heterocycles. The summed E-state index contributed by atoms with van der Waals surface area (Å²) in [5.74, 6) is 0.731. The van der Waals surface area contributed by atoms with E-state index < -0.39 is 0 Å². The van der Waals surface area contributed by atoms with Crippen molar-refractivity contribution in [2.24, 2.45) is 0 Å². The molecule has 1 unspecified atom stereocenters. The number of piperazine rings is 1. The van der Waals surface area contributed by atoms with Crippen LogP contribution < -0.4 is 10.1 Å². The van der Waals surface area contributed by atoms with Gasteiger partial charge in [-0.1, -0.05) is 24.3 Å². The number of ether oxygens (including phenoxy) is 1. The molecule has 1 heterocycles. The van der Waals surface area contributed by atoms with Gasteiger partial charge in [0.25, 0.3) is 0 Å². The third kappa shape index (κ3) is 6.21. The van der Waals surface area contributed by atoms with Crippen LogP contribution in [0.4, 0.5) is 4.39 Å². The molecular weight excluding hydrogens is 379 g/mol. The molecule has 0 radical (unpaired) electrons. The topological polar surface area (TPSA) is 41.6 Å².